The Morgan fingerprint density at radius 1 is 1.50 bits per heavy atom. The van der Waals surface area contributed by atoms with E-state index in [9.17, 15) is 9.90 Å². The number of para-hydroxylation sites is 1. The molecule has 1 aliphatic heterocycles. The second-order valence-electron chi connectivity index (χ2n) is 5.33. The van der Waals surface area contributed by atoms with E-state index >= 15 is 0 Å². The minimum atomic E-state index is -0.512. The molecule has 1 fully saturated rings. The fourth-order valence-corrected chi connectivity index (χ4v) is 2.50. The van der Waals surface area contributed by atoms with E-state index < -0.39 is 11.5 Å². The van der Waals surface area contributed by atoms with E-state index in [1.165, 1.54) is 0 Å². The van der Waals surface area contributed by atoms with Gasteiger partial charge in [-0.2, -0.15) is 0 Å². The molecule has 2 atom stereocenters. The first-order chi connectivity index (χ1) is 8.44. The zero-order valence-corrected chi connectivity index (χ0v) is 10.9. The van der Waals surface area contributed by atoms with Crippen LogP contribution in [0.2, 0.25) is 0 Å². The van der Waals surface area contributed by atoms with E-state index in [0.717, 1.165) is 24.2 Å². The first-order valence-electron chi connectivity index (χ1n) is 6.26. The van der Waals surface area contributed by atoms with Gasteiger partial charge in [-0.1, -0.05) is 18.2 Å². The van der Waals surface area contributed by atoms with Crippen LogP contribution in [0.1, 0.15) is 31.9 Å². The molecule has 1 amide bonds. The maximum absolute atomic E-state index is 11.5. The Kier molecular flexibility index (Phi) is 3.30. The molecular formula is C14H20N2O2. The van der Waals surface area contributed by atoms with E-state index in [-0.39, 0.29) is 5.91 Å². The number of hydrogen-bond acceptors (Lipinski definition) is 3. The Labute approximate surface area is 107 Å². The summed E-state index contributed by atoms with van der Waals surface area (Å²) in [5.41, 5.74) is 6.88. The number of nitrogens with zero attached hydrogens (tertiary/aromatic N) is 1. The lowest BCUT2D eigenvalue weighted by molar-refractivity contribution is -0.125. The van der Waals surface area contributed by atoms with Gasteiger partial charge in [0.15, 0.2) is 0 Å². The van der Waals surface area contributed by atoms with Crippen molar-refractivity contribution in [2.24, 2.45) is 11.1 Å². The molecular weight excluding hydrogens is 228 g/mol. The molecule has 0 saturated carbocycles. The van der Waals surface area contributed by atoms with Crippen molar-refractivity contribution in [3.63, 3.8) is 0 Å². The molecule has 0 aromatic heterocycles. The van der Waals surface area contributed by atoms with Crippen molar-refractivity contribution in [2.75, 3.05) is 18.0 Å². The molecule has 2 rings (SSSR count). The molecule has 1 saturated heterocycles. The lowest BCUT2D eigenvalue weighted by Crippen LogP contribution is -2.37. The second-order valence-corrected chi connectivity index (χ2v) is 5.33. The van der Waals surface area contributed by atoms with Crippen molar-refractivity contribution in [2.45, 2.75) is 26.4 Å². The average Bonchev–Trinajstić information content (AvgIpc) is 2.73. The topological polar surface area (TPSA) is 66.6 Å². The number of aliphatic hydroxyl groups excluding tert-OH is 1. The van der Waals surface area contributed by atoms with Crippen LogP contribution in [0.5, 0.6) is 0 Å². The molecule has 18 heavy (non-hydrogen) atoms. The summed E-state index contributed by atoms with van der Waals surface area (Å²) in [4.78, 5) is 13.6. The number of benzene rings is 1. The van der Waals surface area contributed by atoms with Gasteiger partial charge in [0.05, 0.1) is 11.5 Å². The monoisotopic (exact) mass is 248 g/mol. The summed E-state index contributed by atoms with van der Waals surface area (Å²) in [6.45, 7) is 5.07. The van der Waals surface area contributed by atoms with Gasteiger partial charge in [-0.05, 0) is 26.3 Å². The largest absolute Gasteiger partial charge is 0.389 e. The van der Waals surface area contributed by atoms with E-state index in [2.05, 4.69) is 4.90 Å². The molecule has 1 unspecified atom stereocenters. The number of amides is 1. The molecule has 0 aliphatic carbocycles. The normalized spacial score (nSPS) is 25.2. The van der Waals surface area contributed by atoms with Crippen LogP contribution in [-0.2, 0) is 4.79 Å². The predicted octanol–water partition coefficient (Wildman–Crippen LogP) is 1.44. The molecule has 1 aromatic carbocycles. The van der Waals surface area contributed by atoms with Crippen molar-refractivity contribution in [1.82, 2.24) is 0 Å². The van der Waals surface area contributed by atoms with Gasteiger partial charge in [-0.3, -0.25) is 4.79 Å². The highest BCUT2D eigenvalue weighted by atomic mass is 16.3. The van der Waals surface area contributed by atoms with Gasteiger partial charge < -0.3 is 15.7 Å². The fraction of sp³-hybridized carbons (Fsp3) is 0.500. The molecule has 4 heteroatoms. The Morgan fingerprint density at radius 2 is 2.17 bits per heavy atom. The smallest absolute Gasteiger partial charge is 0.225 e. The number of hydrogen-bond donors (Lipinski definition) is 2. The highest BCUT2D eigenvalue weighted by Crippen LogP contribution is 2.35. The zero-order chi connectivity index (χ0) is 13.3. The minimum absolute atomic E-state index is 0.250. The molecule has 0 spiro atoms. The van der Waals surface area contributed by atoms with Gasteiger partial charge in [0.1, 0.15) is 0 Å². The summed E-state index contributed by atoms with van der Waals surface area (Å²) in [5.74, 6) is -0.250. The minimum Gasteiger partial charge on any atom is -0.389 e. The van der Waals surface area contributed by atoms with Gasteiger partial charge >= 0.3 is 0 Å². The van der Waals surface area contributed by atoms with E-state index in [1.807, 2.05) is 31.2 Å². The summed E-state index contributed by atoms with van der Waals surface area (Å²) < 4.78 is 0. The van der Waals surface area contributed by atoms with Gasteiger partial charge in [0, 0.05) is 24.3 Å². The van der Waals surface area contributed by atoms with Gasteiger partial charge in [0.25, 0.3) is 0 Å². The first kappa shape index (κ1) is 12.9. The standard InChI is InChI=1S/C14H20N2O2/c1-10(17)11-5-3-4-6-12(11)16-8-7-14(2,9-16)13(15)18/h3-6,10,17H,7-9H2,1-2H3,(H2,15,18)/t10-,14?/m1/s1. The summed E-state index contributed by atoms with van der Waals surface area (Å²) in [6.07, 6.45) is 0.248. The Hall–Kier alpha value is -1.55. The maximum atomic E-state index is 11.5. The molecule has 98 valence electrons. The van der Waals surface area contributed by atoms with Crippen LogP contribution in [0, 0.1) is 5.41 Å². The third-order valence-corrected chi connectivity index (χ3v) is 3.80. The van der Waals surface area contributed by atoms with Crippen LogP contribution in [0.15, 0.2) is 24.3 Å². The molecule has 0 radical (unpaired) electrons. The first-order valence-corrected chi connectivity index (χ1v) is 6.26. The highest BCUT2D eigenvalue weighted by molar-refractivity contribution is 5.82. The van der Waals surface area contributed by atoms with Crippen LogP contribution >= 0.6 is 0 Å². The maximum Gasteiger partial charge on any atom is 0.225 e. The number of rotatable bonds is 3. The summed E-state index contributed by atoms with van der Waals surface area (Å²) in [7, 11) is 0. The third-order valence-electron chi connectivity index (χ3n) is 3.80. The molecule has 0 bridgehead atoms. The summed E-state index contributed by atoms with van der Waals surface area (Å²) >= 11 is 0. The zero-order valence-electron chi connectivity index (χ0n) is 10.9. The van der Waals surface area contributed by atoms with E-state index in [4.69, 9.17) is 5.73 Å². The molecule has 1 aliphatic rings. The summed E-state index contributed by atoms with van der Waals surface area (Å²) in [6, 6.07) is 7.75. The second kappa shape index (κ2) is 4.61. The Balaban J connectivity index is 2.27. The average molecular weight is 248 g/mol. The van der Waals surface area contributed by atoms with Crippen LogP contribution in [-0.4, -0.2) is 24.1 Å². The molecule has 1 heterocycles. The van der Waals surface area contributed by atoms with E-state index in [1.54, 1.807) is 6.92 Å². The van der Waals surface area contributed by atoms with Gasteiger partial charge in [-0.15, -0.1) is 0 Å². The molecule has 1 aromatic rings. The Bertz CT molecular complexity index is 459. The van der Waals surface area contributed by atoms with Crippen molar-refractivity contribution in [3.05, 3.63) is 29.8 Å². The number of carbonyl (C=O) groups excluding carboxylic acids is 1. The highest BCUT2D eigenvalue weighted by Gasteiger charge is 2.39. The predicted molar refractivity (Wildman–Crippen MR) is 71.2 cm³/mol. The van der Waals surface area contributed by atoms with Crippen LogP contribution in [0.4, 0.5) is 5.69 Å². The van der Waals surface area contributed by atoms with Crippen molar-refractivity contribution < 1.29 is 9.90 Å². The van der Waals surface area contributed by atoms with Crippen LogP contribution in [0.3, 0.4) is 0 Å². The lowest BCUT2D eigenvalue weighted by Gasteiger charge is -2.25. The number of aliphatic hydroxyl groups is 1. The number of primary amides is 1. The third kappa shape index (κ3) is 2.20. The molecule has 4 nitrogen and oxygen atoms in total. The fourth-order valence-electron chi connectivity index (χ4n) is 2.50. The number of carbonyl (C=O) groups is 1. The number of nitrogens with two attached hydrogens (primary N) is 1. The quantitative estimate of drug-likeness (QED) is 0.850. The van der Waals surface area contributed by atoms with Gasteiger partial charge in [-0.25, -0.2) is 0 Å². The van der Waals surface area contributed by atoms with Crippen LogP contribution < -0.4 is 10.6 Å². The SMILES string of the molecule is C[C@@H](O)c1ccccc1N1CCC(C)(C(N)=O)C1. The van der Waals surface area contributed by atoms with Crippen molar-refractivity contribution in [3.8, 4) is 0 Å². The lowest BCUT2D eigenvalue weighted by atomic mass is 9.89. The number of anilines is 1. The van der Waals surface area contributed by atoms with Crippen LogP contribution in [0.25, 0.3) is 0 Å². The summed E-state index contributed by atoms with van der Waals surface area (Å²) in [5, 5.41) is 9.79. The van der Waals surface area contributed by atoms with Gasteiger partial charge in [0.2, 0.25) is 5.91 Å². The van der Waals surface area contributed by atoms with E-state index in [0.29, 0.717) is 6.54 Å². The van der Waals surface area contributed by atoms with Crippen molar-refractivity contribution >= 4 is 11.6 Å². The Morgan fingerprint density at radius 3 is 2.72 bits per heavy atom. The van der Waals surface area contributed by atoms with Crippen molar-refractivity contribution in [1.29, 1.82) is 0 Å². The molecule has 3 N–H and O–H groups in total.